The maximum Gasteiger partial charge on any atom is 0.124 e. The second-order valence-corrected chi connectivity index (χ2v) is 8.83. The van der Waals surface area contributed by atoms with Crippen LogP contribution in [0.4, 0.5) is 0 Å². The third-order valence-corrected chi connectivity index (χ3v) is 6.46. The van der Waals surface area contributed by atoms with Crippen LogP contribution in [0.15, 0.2) is 48.0 Å². The molecule has 1 aliphatic heterocycles. The predicted octanol–water partition coefficient (Wildman–Crippen LogP) is 4.55. The quantitative estimate of drug-likeness (QED) is 0.712. The van der Waals surface area contributed by atoms with Gasteiger partial charge < -0.3 is 5.43 Å². The van der Waals surface area contributed by atoms with Gasteiger partial charge in [0.25, 0.3) is 0 Å². The molecule has 144 valence electrons. The molecule has 2 aromatic heterocycles. The minimum absolute atomic E-state index is 0.211. The van der Waals surface area contributed by atoms with Crippen LogP contribution in [0.1, 0.15) is 43.0 Å². The Kier molecular flexibility index (Phi) is 4.76. The van der Waals surface area contributed by atoms with Crippen molar-refractivity contribution in [1.29, 1.82) is 0 Å². The van der Waals surface area contributed by atoms with Crippen molar-refractivity contribution in [1.82, 2.24) is 15.4 Å². The Morgan fingerprint density at radius 2 is 1.93 bits per heavy atom. The van der Waals surface area contributed by atoms with Crippen molar-refractivity contribution in [2.24, 2.45) is 5.92 Å². The first-order chi connectivity index (χ1) is 13.4. The Bertz CT molecular complexity index is 1160. The molecule has 0 radical (unpaired) electrons. The number of aryl methyl sites for hydroxylation is 2. The van der Waals surface area contributed by atoms with E-state index in [0.29, 0.717) is 5.92 Å². The number of hydrazine groups is 1. The molecule has 4 rings (SSSR count). The highest BCUT2D eigenvalue weighted by atomic mass is 32.1. The third-order valence-electron chi connectivity index (χ3n) is 5.65. The highest BCUT2D eigenvalue weighted by Gasteiger charge is 2.31. The van der Waals surface area contributed by atoms with Crippen LogP contribution in [0.3, 0.4) is 0 Å². The lowest BCUT2D eigenvalue weighted by Gasteiger charge is -2.30. The second kappa shape index (κ2) is 7.10. The number of nitrogens with zero attached hydrogens (tertiary/aromatic N) is 2. The van der Waals surface area contributed by atoms with Crippen LogP contribution in [-0.4, -0.2) is 9.99 Å². The molecule has 0 amide bonds. The first-order valence-electron chi connectivity index (χ1n) is 9.74. The number of pyridine rings is 1. The zero-order valence-corrected chi connectivity index (χ0v) is 17.9. The van der Waals surface area contributed by atoms with Gasteiger partial charge >= 0.3 is 0 Å². The molecule has 1 aliphatic rings. The van der Waals surface area contributed by atoms with Crippen LogP contribution in [0, 0.1) is 19.8 Å². The lowest BCUT2D eigenvalue weighted by Crippen LogP contribution is -2.38. The van der Waals surface area contributed by atoms with E-state index >= 15 is 0 Å². The van der Waals surface area contributed by atoms with Gasteiger partial charge in [0.1, 0.15) is 4.83 Å². The largest absolute Gasteiger partial charge is 0.301 e. The minimum Gasteiger partial charge on any atom is -0.301 e. The van der Waals surface area contributed by atoms with Crippen LogP contribution in [0.5, 0.6) is 0 Å². The normalized spacial score (nSPS) is 18.8. The van der Waals surface area contributed by atoms with Gasteiger partial charge in [0.05, 0.1) is 11.4 Å². The number of rotatable bonds is 3. The van der Waals surface area contributed by atoms with Gasteiger partial charge in [-0.3, -0.25) is 5.01 Å². The summed E-state index contributed by atoms with van der Waals surface area (Å²) in [6.07, 6.45) is 0.884. The summed E-state index contributed by atoms with van der Waals surface area (Å²) in [5, 5.41) is 7.54. The number of hydrogen-bond donors (Lipinski definition) is 1. The predicted molar refractivity (Wildman–Crippen MR) is 120 cm³/mol. The Morgan fingerprint density at radius 3 is 2.61 bits per heavy atom. The summed E-state index contributed by atoms with van der Waals surface area (Å²) in [6, 6.07) is 11.2. The first-order valence-corrected chi connectivity index (χ1v) is 10.6. The van der Waals surface area contributed by atoms with Gasteiger partial charge in [-0.2, -0.15) is 0 Å². The monoisotopic (exact) mass is 389 g/mol. The van der Waals surface area contributed by atoms with Crippen LogP contribution in [0.2, 0.25) is 0 Å². The van der Waals surface area contributed by atoms with Gasteiger partial charge in [-0.15, -0.1) is 11.3 Å². The number of aromatic nitrogens is 1. The fraction of sp³-hybridized carbons (Fsp3) is 0.292. The molecule has 0 saturated carbocycles. The Balaban J connectivity index is 1.89. The van der Waals surface area contributed by atoms with Crippen molar-refractivity contribution in [3.8, 4) is 0 Å². The van der Waals surface area contributed by atoms with Gasteiger partial charge in [0, 0.05) is 28.4 Å². The van der Waals surface area contributed by atoms with E-state index in [4.69, 9.17) is 4.98 Å². The van der Waals surface area contributed by atoms with Gasteiger partial charge in [0.2, 0.25) is 0 Å². The van der Waals surface area contributed by atoms with Crippen molar-refractivity contribution in [3.05, 3.63) is 75.2 Å². The molecule has 1 fully saturated rings. The molecule has 3 aromatic rings. The first kappa shape index (κ1) is 18.8. The average molecular weight is 390 g/mol. The summed E-state index contributed by atoms with van der Waals surface area (Å²) in [7, 11) is 0. The molecule has 1 saturated heterocycles. The molecule has 0 aliphatic carbocycles. The van der Waals surface area contributed by atoms with Crippen molar-refractivity contribution in [3.63, 3.8) is 0 Å². The van der Waals surface area contributed by atoms with Crippen molar-refractivity contribution < 1.29 is 0 Å². The molecule has 28 heavy (non-hydrogen) atoms. The second-order valence-electron chi connectivity index (χ2n) is 7.93. The van der Waals surface area contributed by atoms with Crippen LogP contribution >= 0.6 is 11.3 Å². The molecule has 4 heteroatoms. The van der Waals surface area contributed by atoms with Gasteiger partial charge in [-0.05, 0) is 42.3 Å². The zero-order valence-electron chi connectivity index (χ0n) is 17.0. The van der Waals surface area contributed by atoms with E-state index in [1.54, 1.807) is 11.3 Å². The molecular formula is C24H27N3S. The SMILES string of the molecule is C=C(C(C)C)N1NC(=c2c(C)c3ccsc3nc2=C)CC1c1ccc(C)cc1. The molecule has 3 nitrogen and oxygen atoms in total. The van der Waals surface area contributed by atoms with Crippen LogP contribution < -0.4 is 16.0 Å². The third kappa shape index (κ3) is 3.12. The zero-order chi connectivity index (χ0) is 20.0. The number of nitrogens with one attached hydrogen (secondary N) is 1. The Labute approximate surface area is 170 Å². The topological polar surface area (TPSA) is 28.2 Å². The van der Waals surface area contributed by atoms with E-state index in [1.165, 1.54) is 27.8 Å². The smallest absolute Gasteiger partial charge is 0.124 e. The molecule has 0 bridgehead atoms. The fourth-order valence-corrected chi connectivity index (χ4v) is 4.76. The number of benzene rings is 1. The molecular weight excluding hydrogens is 362 g/mol. The minimum atomic E-state index is 0.211. The van der Waals surface area contributed by atoms with E-state index in [9.17, 15) is 0 Å². The summed E-state index contributed by atoms with van der Waals surface area (Å²) >= 11 is 1.67. The Hall–Kier alpha value is -2.59. The van der Waals surface area contributed by atoms with E-state index in [0.717, 1.165) is 27.5 Å². The maximum absolute atomic E-state index is 4.76. The summed E-state index contributed by atoms with van der Waals surface area (Å²) in [5.74, 6) is 0.359. The van der Waals surface area contributed by atoms with E-state index < -0.39 is 0 Å². The lowest BCUT2D eigenvalue weighted by atomic mass is 9.99. The maximum atomic E-state index is 4.76. The van der Waals surface area contributed by atoms with E-state index in [-0.39, 0.29) is 6.04 Å². The number of hydrogen-bond acceptors (Lipinski definition) is 4. The van der Waals surface area contributed by atoms with Gasteiger partial charge in [-0.25, -0.2) is 4.98 Å². The lowest BCUT2D eigenvalue weighted by molar-refractivity contribution is 0.236. The molecule has 3 heterocycles. The number of fused-ring (bicyclic) bond motifs is 1. The number of thiophene rings is 1. The van der Waals surface area contributed by atoms with E-state index in [1.807, 2.05) is 0 Å². The number of allylic oxidation sites excluding steroid dienone is 1. The molecule has 0 spiro atoms. The standard InChI is InChI=1S/C24H27N3S/c1-14(2)18(6)27-22(19-9-7-15(3)8-10-19)13-21(26-27)23-16(4)20-11-12-28-24(20)25-17(23)5/h7-12,14,22,26H,5-6,13H2,1-4H3. The van der Waals surface area contributed by atoms with Crippen molar-refractivity contribution in [2.75, 3.05) is 0 Å². The van der Waals surface area contributed by atoms with Crippen LogP contribution in [-0.2, 0) is 0 Å². The van der Waals surface area contributed by atoms with E-state index in [2.05, 4.69) is 87.0 Å². The average Bonchev–Trinajstić information content (AvgIpc) is 3.29. The highest BCUT2D eigenvalue weighted by molar-refractivity contribution is 7.16. The Morgan fingerprint density at radius 1 is 1.21 bits per heavy atom. The van der Waals surface area contributed by atoms with Gasteiger partial charge in [-0.1, -0.05) is 56.8 Å². The summed E-state index contributed by atoms with van der Waals surface area (Å²) in [6.45, 7) is 17.3. The summed E-state index contributed by atoms with van der Waals surface area (Å²) in [4.78, 5) is 5.82. The fourth-order valence-electron chi connectivity index (χ4n) is 3.92. The van der Waals surface area contributed by atoms with Crippen molar-refractivity contribution in [2.45, 2.75) is 40.2 Å². The van der Waals surface area contributed by atoms with Crippen LogP contribution in [0.25, 0.3) is 22.5 Å². The molecule has 1 aromatic carbocycles. The van der Waals surface area contributed by atoms with Crippen molar-refractivity contribution >= 4 is 33.8 Å². The molecule has 1 N–H and O–H groups in total. The summed E-state index contributed by atoms with van der Waals surface area (Å²) < 4.78 is 0. The van der Waals surface area contributed by atoms with Gasteiger partial charge in [0.15, 0.2) is 0 Å². The summed E-state index contributed by atoms with van der Waals surface area (Å²) in [5.41, 5.74) is 9.75. The highest BCUT2D eigenvalue weighted by Crippen LogP contribution is 2.36. The molecule has 1 unspecified atom stereocenters. The molecule has 1 atom stereocenters.